The number of nitrogens with one attached hydrogen (secondary N) is 2. The molecular weight excluding hydrogens is 474 g/mol. The van der Waals surface area contributed by atoms with Crippen LogP contribution in [0.3, 0.4) is 0 Å². The third kappa shape index (κ3) is 4.07. The Hall–Kier alpha value is -2.67. The minimum absolute atomic E-state index is 0.0157. The van der Waals surface area contributed by atoms with Gasteiger partial charge in [0.25, 0.3) is 0 Å². The van der Waals surface area contributed by atoms with Crippen LogP contribution in [0.25, 0.3) is 0 Å². The van der Waals surface area contributed by atoms with E-state index in [-0.39, 0.29) is 24.3 Å². The fraction of sp³-hybridized carbons (Fsp3) is 0.565. The number of hydrogen-bond donors (Lipinski definition) is 6. The van der Waals surface area contributed by atoms with E-state index in [9.17, 15) is 29.5 Å². The Kier molecular flexibility index (Phi) is 6.75. The predicted molar refractivity (Wildman–Crippen MR) is 131 cm³/mol. The topological polar surface area (TPSA) is 188 Å². The molecule has 2 saturated heterocycles. The normalized spacial score (nSPS) is 29.5. The second kappa shape index (κ2) is 8.77. The highest BCUT2D eigenvalue weighted by atomic mass is 32.1. The number of quaternary nitrogens is 1. The van der Waals surface area contributed by atoms with E-state index >= 15 is 0 Å². The molecule has 0 saturated carbocycles. The molecule has 192 valence electrons. The number of aromatic hydroxyl groups is 1. The van der Waals surface area contributed by atoms with Crippen molar-refractivity contribution in [2.75, 3.05) is 5.75 Å². The van der Waals surface area contributed by atoms with Crippen molar-refractivity contribution in [3.05, 3.63) is 35.0 Å². The Balaban J connectivity index is 1.98. The van der Waals surface area contributed by atoms with Crippen LogP contribution in [0.2, 0.25) is 0 Å². The van der Waals surface area contributed by atoms with Crippen molar-refractivity contribution >= 4 is 36.4 Å². The molecule has 0 radical (unpaired) electrons. The van der Waals surface area contributed by atoms with Crippen molar-refractivity contribution in [1.82, 2.24) is 10.6 Å². The van der Waals surface area contributed by atoms with Gasteiger partial charge < -0.3 is 27.1 Å². The van der Waals surface area contributed by atoms with Crippen molar-refractivity contribution < 1.29 is 28.9 Å². The smallest absolute Gasteiger partial charge is 0.424 e. The second-order valence-electron chi connectivity index (χ2n) is 10.7. The van der Waals surface area contributed by atoms with Crippen LogP contribution in [-0.2, 0) is 20.8 Å². The van der Waals surface area contributed by atoms with Crippen molar-refractivity contribution in [3.8, 4) is 5.75 Å². The molecule has 2 aliphatic rings. The van der Waals surface area contributed by atoms with Gasteiger partial charge in [0, 0.05) is 24.5 Å². The third-order valence-corrected chi connectivity index (χ3v) is 8.28. The number of hydroxylamine groups is 3. The summed E-state index contributed by atoms with van der Waals surface area (Å²) in [6.45, 7) is 6.48. The molecule has 7 N–H and O–H groups in total. The van der Waals surface area contributed by atoms with Gasteiger partial charge in [-0.3, -0.25) is 19.0 Å². The fourth-order valence-electron chi connectivity index (χ4n) is 5.72. The number of carbonyl (C=O) groups excluding carboxylic acids is 4. The van der Waals surface area contributed by atoms with Crippen LogP contribution in [0.5, 0.6) is 5.75 Å². The molecule has 2 aliphatic heterocycles. The number of phenols is 1. The minimum Gasteiger partial charge on any atom is -0.623 e. The van der Waals surface area contributed by atoms with Gasteiger partial charge in [-0.05, 0) is 45.4 Å². The van der Waals surface area contributed by atoms with Gasteiger partial charge in [0.1, 0.15) is 28.4 Å². The lowest BCUT2D eigenvalue weighted by Gasteiger charge is -2.53. The summed E-state index contributed by atoms with van der Waals surface area (Å²) in [5.41, 5.74) is 8.37. The molecule has 2 bridgehead atoms. The molecule has 1 aromatic rings. The predicted octanol–water partition coefficient (Wildman–Crippen LogP) is 0.290. The third-order valence-electron chi connectivity index (χ3n) is 7.76. The minimum atomic E-state index is -1.96. The lowest BCUT2D eigenvalue weighted by Crippen LogP contribution is -2.68. The van der Waals surface area contributed by atoms with E-state index in [4.69, 9.17) is 11.5 Å². The van der Waals surface area contributed by atoms with Gasteiger partial charge >= 0.3 is 6.03 Å². The first kappa shape index (κ1) is 26.9. The average molecular weight is 508 g/mol. The molecule has 5 atom stereocenters. The molecule has 2 fully saturated rings. The number of imide groups is 1. The Morgan fingerprint density at radius 1 is 1.29 bits per heavy atom. The summed E-state index contributed by atoms with van der Waals surface area (Å²) in [6, 6.07) is 3.84. The van der Waals surface area contributed by atoms with Crippen molar-refractivity contribution in [2.24, 2.45) is 23.3 Å². The van der Waals surface area contributed by atoms with Crippen LogP contribution in [0.1, 0.15) is 39.7 Å². The summed E-state index contributed by atoms with van der Waals surface area (Å²) >= 11 is 4.27. The van der Waals surface area contributed by atoms with Crippen LogP contribution in [0.4, 0.5) is 4.79 Å². The SMILES string of the molecule is CC1(C)CC2C([C@](N)(CS)C(=O)N[C@@H](Cc3ccc(O)cc3)C(N)=O)C(=O)NC(=O)[N@@+]1([O-])C2(C)C. The summed E-state index contributed by atoms with van der Waals surface area (Å²) in [4.78, 5) is 51.9. The van der Waals surface area contributed by atoms with E-state index in [1.807, 2.05) is 0 Å². The summed E-state index contributed by atoms with van der Waals surface area (Å²) in [7, 11) is 0. The zero-order valence-corrected chi connectivity index (χ0v) is 21.1. The number of nitrogens with two attached hydrogens (primary N) is 2. The van der Waals surface area contributed by atoms with Crippen LogP contribution < -0.4 is 22.1 Å². The van der Waals surface area contributed by atoms with Gasteiger partial charge in [-0.1, -0.05) is 12.1 Å². The lowest BCUT2D eigenvalue weighted by atomic mass is 9.68. The van der Waals surface area contributed by atoms with Gasteiger partial charge in [0.05, 0.1) is 5.92 Å². The first-order valence-corrected chi connectivity index (χ1v) is 11.9. The fourth-order valence-corrected chi connectivity index (χ4v) is 6.06. The Morgan fingerprint density at radius 3 is 2.37 bits per heavy atom. The molecule has 3 rings (SSSR count). The number of phenolic OH excluding ortho intramolecular Hbond substituents is 1. The van der Waals surface area contributed by atoms with Crippen LogP contribution in [0, 0.1) is 17.0 Å². The average Bonchev–Trinajstić information content (AvgIpc) is 2.87. The highest BCUT2D eigenvalue weighted by Gasteiger charge is 2.71. The number of hydrogen-bond acceptors (Lipinski definition) is 8. The maximum absolute atomic E-state index is 13.9. The van der Waals surface area contributed by atoms with Crippen molar-refractivity contribution in [2.45, 2.75) is 63.2 Å². The zero-order chi connectivity index (χ0) is 26.6. The van der Waals surface area contributed by atoms with Crippen LogP contribution in [0.15, 0.2) is 24.3 Å². The molecule has 1 aromatic carbocycles. The van der Waals surface area contributed by atoms with E-state index in [1.54, 1.807) is 39.8 Å². The zero-order valence-electron chi connectivity index (χ0n) is 20.2. The first-order valence-electron chi connectivity index (χ1n) is 11.3. The Labute approximate surface area is 209 Å². The number of amides is 5. The van der Waals surface area contributed by atoms with E-state index in [0.717, 1.165) is 0 Å². The van der Waals surface area contributed by atoms with E-state index < -0.39 is 62.9 Å². The highest BCUT2D eigenvalue weighted by molar-refractivity contribution is 7.80. The first-order chi connectivity index (χ1) is 16.0. The lowest BCUT2D eigenvalue weighted by molar-refractivity contribution is -0.885. The quantitative estimate of drug-likeness (QED) is 0.174. The number of thiol groups is 1. The van der Waals surface area contributed by atoms with Gasteiger partial charge in [0.15, 0.2) is 0 Å². The molecule has 11 nitrogen and oxygen atoms in total. The number of carbonyl (C=O) groups is 4. The van der Waals surface area contributed by atoms with E-state index in [1.165, 1.54) is 12.1 Å². The molecule has 2 heterocycles. The molecule has 0 aromatic heterocycles. The number of benzene rings is 1. The van der Waals surface area contributed by atoms with Crippen LogP contribution in [-0.4, -0.2) is 61.9 Å². The van der Waals surface area contributed by atoms with Gasteiger partial charge in [-0.15, -0.1) is 0 Å². The molecule has 5 amide bonds. The molecule has 12 heteroatoms. The van der Waals surface area contributed by atoms with Crippen molar-refractivity contribution in [3.63, 3.8) is 0 Å². The molecule has 2 unspecified atom stereocenters. The number of fused-ring (bicyclic) bond motifs is 2. The standard InChI is InChI=1S/C23H33N5O6S/c1-21(2)10-14-16(18(31)27-20(33)28(21,34)22(14,3)4)23(25,11-35)19(32)26-15(17(24)30)9-12-5-7-13(29)8-6-12/h5-8,14-16,29,35H,9-11,25H2,1-4H3,(H2,24,30)(H,26,32)(H,27,31,33)/t14?,15-,16?,23+,28-/m0/s1. The molecule has 35 heavy (non-hydrogen) atoms. The summed E-state index contributed by atoms with van der Waals surface area (Å²) in [5, 5.41) is 28.1. The Bertz CT molecular complexity index is 1060. The van der Waals surface area contributed by atoms with Crippen molar-refractivity contribution in [1.29, 1.82) is 0 Å². The molecule has 0 spiro atoms. The highest BCUT2D eigenvalue weighted by Crippen LogP contribution is 2.56. The van der Waals surface area contributed by atoms with Gasteiger partial charge in [-0.25, -0.2) is 10.1 Å². The number of rotatable bonds is 7. The van der Waals surface area contributed by atoms with E-state index in [0.29, 0.717) is 5.56 Å². The monoisotopic (exact) mass is 507 g/mol. The summed E-state index contributed by atoms with van der Waals surface area (Å²) in [5.74, 6) is -4.80. The Morgan fingerprint density at radius 2 is 1.86 bits per heavy atom. The number of primary amides is 1. The summed E-state index contributed by atoms with van der Waals surface area (Å²) in [6.07, 6.45) is 0.182. The van der Waals surface area contributed by atoms with Gasteiger partial charge in [0.2, 0.25) is 17.7 Å². The number of urea groups is 1. The largest absolute Gasteiger partial charge is 0.623 e. The second-order valence-corrected chi connectivity index (χ2v) is 11.0. The van der Waals surface area contributed by atoms with Crippen LogP contribution >= 0.6 is 12.6 Å². The molecular formula is C23H33N5O6S. The summed E-state index contributed by atoms with van der Waals surface area (Å²) < 4.78 is -1.29. The number of nitrogens with zero attached hydrogens (tertiary/aromatic N) is 1. The maximum atomic E-state index is 13.9. The van der Waals surface area contributed by atoms with Gasteiger partial charge in [-0.2, -0.15) is 12.6 Å². The van der Waals surface area contributed by atoms with E-state index in [2.05, 4.69) is 23.3 Å². The maximum Gasteiger partial charge on any atom is 0.424 e. The molecule has 0 aliphatic carbocycles.